The maximum absolute atomic E-state index is 11.4. The van der Waals surface area contributed by atoms with Crippen molar-refractivity contribution in [2.24, 2.45) is 4.99 Å². The molecule has 0 fully saturated rings. The Bertz CT molecular complexity index is 654. The maximum atomic E-state index is 11.4. The Morgan fingerprint density at radius 2 is 1.95 bits per heavy atom. The quantitative estimate of drug-likeness (QED) is 0.532. The zero-order valence-corrected chi connectivity index (χ0v) is 11.9. The molecule has 0 spiro atoms. The van der Waals surface area contributed by atoms with Crippen molar-refractivity contribution in [3.63, 3.8) is 0 Å². The second kappa shape index (κ2) is 6.56. The van der Waals surface area contributed by atoms with E-state index in [0.29, 0.717) is 5.69 Å². The molecule has 0 aliphatic carbocycles. The first kappa shape index (κ1) is 14.6. The van der Waals surface area contributed by atoms with E-state index in [0.717, 1.165) is 5.69 Å². The molecule has 0 unspecified atom stereocenters. The summed E-state index contributed by atoms with van der Waals surface area (Å²) in [6.45, 7) is 0. The van der Waals surface area contributed by atoms with Gasteiger partial charge in [-0.3, -0.25) is 0 Å². The van der Waals surface area contributed by atoms with Crippen LogP contribution in [-0.4, -0.2) is 31.6 Å². The molecule has 5 heteroatoms. The average Bonchev–Trinajstić information content (AvgIpc) is 2.52. The first-order valence-electron chi connectivity index (χ1n) is 6.35. The number of para-hydroxylation sites is 1. The lowest BCUT2D eigenvalue weighted by Gasteiger charge is -2.12. The highest BCUT2D eigenvalue weighted by Gasteiger charge is 2.11. The summed E-state index contributed by atoms with van der Waals surface area (Å²) in [7, 11) is 3.14. The number of benzene rings is 2. The molecule has 21 heavy (non-hydrogen) atoms. The largest absolute Gasteiger partial charge is 0.507 e. The number of methoxy groups -OCH3 is 1. The molecule has 0 atom stereocenters. The lowest BCUT2D eigenvalue weighted by molar-refractivity contribution is 0.0597. The molecule has 0 heterocycles. The third-order valence-electron chi connectivity index (χ3n) is 2.93. The molecule has 0 aromatic heterocycles. The van der Waals surface area contributed by atoms with Crippen molar-refractivity contribution in [1.29, 1.82) is 0 Å². The van der Waals surface area contributed by atoms with Crippen LogP contribution in [0.25, 0.3) is 0 Å². The third-order valence-corrected chi connectivity index (χ3v) is 2.93. The van der Waals surface area contributed by atoms with Gasteiger partial charge in [-0.2, -0.15) is 0 Å². The normalized spacial score (nSPS) is 10.6. The fourth-order valence-electron chi connectivity index (χ4n) is 1.77. The second-order valence-electron chi connectivity index (χ2n) is 4.38. The van der Waals surface area contributed by atoms with Crippen molar-refractivity contribution in [2.45, 2.75) is 0 Å². The molecule has 5 nitrogen and oxygen atoms in total. The van der Waals surface area contributed by atoms with Crippen LogP contribution >= 0.6 is 0 Å². The first-order valence-corrected chi connectivity index (χ1v) is 6.35. The van der Waals surface area contributed by atoms with Gasteiger partial charge in [-0.1, -0.05) is 18.2 Å². The van der Waals surface area contributed by atoms with E-state index in [1.165, 1.54) is 19.2 Å². The van der Waals surface area contributed by atoms with E-state index in [4.69, 9.17) is 0 Å². The van der Waals surface area contributed by atoms with E-state index in [9.17, 15) is 9.90 Å². The van der Waals surface area contributed by atoms with Crippen LogP contribution in [-0.2, 0) is 4.74 Å². The molecule has 2 aromatic carbocycles. The van der Waals surface area contributed by atoms with Crippen molar-refractivity contribution in [2.75, 3.05) is 19.1 Å². The monoisotopic (exact) mass is 284 g/mol. The fraction of sp³-hybridized carbons (Fsp3) is 0.125. The van der Waals surface area contributed by atoms with Gasteiger partial charge in [0.25, 0.3) is 0 Å². The number of esters is 1. The summed E-state index contributed by atoms with van der Waals surface area (Å²) in [5, 5.41) is 9.79. The third kappa shape index (κ3) is 3.60. The number of rotatable bonds is 4. The molecular formula is C16H16N2O3. The van der Waals surface area contributed by atoms with Crippen molar-refractivity contribution >= 4 is 23.7 Å². The van der Waals surface area contributed by atoms with Gasteiger partial charge in [0.1, 0.15) is 11.3 Å². The van der Waals surface area contributed by atoms with Gasteiger partial charge in [0.05, 0.1) is 19.1 Å². The number of aromatic hydroxyl groups is 1. The highest BCUT2D eigenvalue weighted by atomic mass is 16.5. The predicted octanol–water partition coefficient (Wildman–Crippen LogP) is 2.98. The van der Waals surface area contributed by atoms with E-state index in [2.05, 4.69) is 9.73 Å². The van der Waals surface area contributed by atoms with Gasteiger partial charge in [0.2, 0.25) is 0 Å². The number of hydrogen-bond acceptors (Lipinski definition) is 4. The van der Waals surface area contributed by atoms with Crippen molar-refractivity contribution < 1.29 is 14.6 Å². The van der Waals surface area contributed by atoms with Gasteiger partial charge in [-0.25, -0.2) is 9.79 Å². The van der Waals surface area contributed by atoms with E-state index in [1.807, 2.05) is 42.3 Å². The van der Waals surface area contributed by atoms with Gasteiger partial charge in [-0.05, 0) is 24.3 Å². The molecule has 0 amide bonds. The fourth-order valence-corrected chi connectivity index (χ4v) is 1.77. The summed E-state index contributed by atoms with van der Waals surface area (Å²) >= 11 is 0. The number of phenols is 1. The Kier molecular flexibility index (Phi) is 4.56. The van der Waals surface area contributed by atoms with Crippen LogP contribution < -0.4 is 4.90 Å². The Labute approximate surface area is 123 Å². The SMILES string of the molecule is COC(=O)c1ccc(N=CN(C)c2ccccc2)cc1O. The lowest BCUT2D eigenvalue weighted by Crippen LogP contribution is -2.13. The van der Waals surface area contributed by atoms with E-state index in [-0.39, 0.29) is 11.3 Å². The number of hydrogen-bond donors (Lipinski definition) is 1. The van der Waals surface area contributed by atoms with Gasteiger partial charge in [0.15, 0.2) is 0 Å². The van der Waals surface area contributed by atoms with Gasteiger partial charge >= 0.3 is 5.97 Å². The van der Waals surface area contributed by atoms with Crippen LogP contribution in [0.2, 0.25) is 0 Å². The minimum absolute atomic E-state index is 0.118. The summed E-state index contributed by atoms with van der Waals surface area (Å²) in [5.74, 6) is -0.733. The Balaban J connectivity index is 2.15. The standard InChI is InChI=1S/C16H16N2O3/c1-18(13-6-4-3-5-7-13)11-17-12-8-9-14(15(19)10-12)16(20)21-2/h3-11,19H,1-2H3. The van der Waals surface area contributed by atoms with E-state index in [1.54, 1.807) is 12.4 Å². The van der Waals surface area contributed by atoms with Gasteiger partial charge < -0.3 is 14.7 Å². The lowest BCUT2D eigenvalue weighted by atomic mass is 10.2. The van der Waals surface area contributed by atoms with E-state index < -0.39 is 5.97 Å². The molecule has 0 saturated carbocycles. The number of carbonyl (C=O) groups is 1. The van der Waals surface area contributed by atoms with Crippen LogP contribution in [0, 0.1) is 0 Å². The molecule has 2 rings (SSSR count). The Morgan fingerprint density at radius 1 is 1.24 bits per heavy atom. The zero-order valence-electron chi connectivity index (χ0n) is 11.9. The van der Waals surface area contributed by atoms with Crippen LogP contribution in [0.4, 0.5) is 11.4 Å². The molecule has 1 N–H and O–H groups in total. The molecule has 0 radical (unpaired) electrons. The van der Waals surface area contributed by atoms with Crippen LogP contribution in [0.5, 0.6) is 5.75 Å². The summed E-state index contributed by atoms with van der Waals surface area (Å²) in [5.41, 5.74) is 1.66. The second-order valence-corrected chi connectivity index (χ2v) is 4.38. The number of anilines is 1. The summed E-state index contributed by atoms with van der Waals surface area (Å²) < 4.78 is 4.57. The topological polar surface area (TPSA) is 62.1 Å². The zero-order chi connectivity index (χ0) is 15.2. The van der Waals surface area contributed by atoms with E-state index >= 15 is 0 Å². The highest BCUT2D eigenvalue weighted by Crippen LogP contribution is 2.24. The number of aliphatic imine (C=N–C) groups is 1. The van der Waals surface area contributed by atoms with Crippen LogP contribution in [0.1, 0.15) is 10.4 Å². The number of carbonyl (C=O) groups excluding carboxylic acids is 1. The molecule has 0 saturated heterocycles. The minimum atomic E-state index is -0.579. The maximum Gasteiger partial charge on any atom is 0.341 e. The number of nitrogens with zero attached hydrogens (tertiary/aromatic N) is 2. The molecular weight excluding hydrogens is 268 g/mol. The van der Waals surface area contributed by atoms with Crippen molar-refractivity contribution in [3.05, 3.63) is 54.1 Å². The summed E-state index contributed by atoms with van der Waals surface area (Å²) in [4.78, 5) is 17.5. The Morgan fingerprint density at radius 3 is 2.57 bits per heavy atom. The number of phenolic OH excluding ortho intramolecular Hbond substituents is 1. The Hall–Kier alpha value is -2.82. The van der Waals surface area contributed by atoms with Crippen molar-refractivity contribution in [3.8, 4) is 5.75 Å². The molecule has 0 aliphatic rings. The predicted molar refractivity (Wildman–Crippen MR) is 82.4 cm³/mol. The summed E-state index contributed by atoms with van der Waals surface area (Å²) in [6.07, 6.45) is 1.64. The smallest absolute Gasteiger partial charge is 0.341 e. The van der Waals surface area contributed by atoms with Crippen LogP contribution in [0.3, 0.4) is 0 Å². The molecule has 108 valence electrons. The van der Waals surface area contributed by atoms with Gasteiger partial charge in [0, 0.05) is 18.8 Å². The highest BCUT2D eigenvalue weighted by molar-refractivity contribution is 5.93. The average molecular weight is 284 g/mol. The van der Waals surface area contributed by atoms with Crippen LogP contribution in [0.15, 0.2) is 53.5 Å². The minimum Gasteiger partial charge on any atom is -0.507 e. The first-order chi connectivity index (χ1) is 10.1. The molecule has 2 aromatic rings. The van der Waals surface area contributed by atoms with Gasteiger partial charge in [-0.15, -0.1) is 0 Å². The molecule has 0 bridgehead atoms. The summed E-state index contributed by atoms with van der Waals surface area (Å²) in [6, 6.07) is 14.3. The molecule has 0 aliphatic heterocycles. The van der Waals surface area contributed by atoms with Crippen molar-refractivity contribution in [1.82, 2.24) is 0 Å². The number of ether oxygens (including phenoxy) is 1.